The molecule has 0 amide bonds. The largest absolute Gasteiger partial charge is 0.839 e. The molecule has 0 spiro atoms. The van der Waals surface area contributed by atoms with Gasteiger partial charge in [0, 0.05) is 11.8 Å². The molecule has 9 heteroatoms. The topological polar surface area (TPSA) is 88.4 Å². The van der Waals surface area contributed by atoms with Crippen LogP contribution in [-0.2, 0) is 16.1 Å². The summed E-state index contributed by atoms with van der Waals surface area (Å²) < 4.78 is 7.67. The first-order valence-electron chi connectivity index (χ1n) is 6.87. The van der Waals surface area contributed by atoms with E-state index in [0.29, 0.717) is 10.1 Å². The number of hydrogen-bond donors (Lipinski definition) is 0. The molecule has 0 aromatic carbocycles. The van der Waals surface area contributed by atoms with Crippen molar-refractivity contribution in [3.8, 4) is 5.88 Å². The van der Waals surface area contributed by atoms with Gasteiger partial charge in [0.2, 0.25) is 5.69 Å². The number of rotatable bonds is 4. The highest BCUT2D eigenvalue weighted by atomic mass is 35.5. The van der Waals surface area contributed by atoms with E-state index < -0.39 is 17.6 Å². The van der Waals surface area contributed by atoms with Gasteiger partial charge in [-0.05, 0) is 19.1 Å². The second kappa shape index (κ2) is 6.21. The minimum Gasteiger partial charge on any atom is -0.839 e. The van der Waals surface area contributed by atoms with Crippen LogP contribution in [0.25, 0.3) is 5.65 Å². The van der Waals surface area contributed by atoms with Crippen LogP contribution in [0, 0.1) is 6.92 Å². The number of fused-ring (bicyclic) bond motifs is 1. The number of Topliss-reactive ketones (excluding diaryl/α,β-unsaturated/α-hetero) is 1. The number of pyridine rings is 1. The maximum absolute atomic E-state index is 12.6. The van der Waals surface area contributed by atoms with Crippen molar-refractivity contribution in [2.45, 2.75) is 13.5 Å². The highest BCUT2D eigenvalue weighted by molar-refractivity contribution is 7.15. The van der Waals surface area contributed by atoms with Crippen molar-refractivity contribution < 1.29 is 23.8 Å². The van der Waals surface area contributed by atoms with Gasteiger partial charge >= 0.3 is 11.8 Å². The van der Waals surface area contributed by atoms with Crippen LogP contribution in [0.5, 0.6) is 5.88 Å². The fraction of sp³-hybridized carbons (Fsp3) is 0.200. The molecule has 124 valence electrons. The summed E-state index contributed by atoms with van der Waals surface area (Å²) in [5.41, 5.74) is 1.06. The number of ether oxygens (including phenoxy) is 1. The minimum absolute atomic E-state index is 0.193. The molecular formula is C15H12ClN3O4S. The third kappa shape index (κ3) is 2.63. The number of esters is 1. The van der Waals surface area contributed by atoms with Gasteiger partial charge in [-0.3, -0.25) is 4.79 Å². The number of carbonyl (C=O) groups excluding carboxylic acids is 2. The van der Waals surface area contributed by atoms with Gasteiger partial charge in [-0.25, -0.2) is 18.7 Å². The second-order valence-electron chi connectivity index (χ2n) is 5.02. The number of hydrogen-bond acceptors (Lipinski definition) is 6. The lowest BCUT2D eigenvalue weighted by Gasteiger charge is -2.03. The monoisotopic (exact) mass is 365 g/mol. The fourth-order valence-electron chi connectivity index (χ4n) is 2.53. The second-order valence-corrected chi connectivity index (χ2v) is 6.72. The van der Waals surface area contributed by atoms with Crippen molar-refractivity contribution in [2.75, 3.05) is 7.11 Å². The van der Waals surface area contributed by atoms with Crippen LogP contribution in [0.3, 0.4) is 0 Å². The molecule has 0 saturated heterocycles. The molecule has 0 saturated carbocycles. The zero-order valence-corrected chi connectivity index (χ0v) is 14.3. The third-order valence-electron chi connectivity index (χ3n) is 3.53. The Labute approximate surface area is 145 Å². The molecule has 0 radical (unpaired) electrons. The van der Waals surface area contributed by atoms with E-state index in [2.05, 4.69) is 9.72 Å². The number of ketones is 1. The molecule has 7 nitrogen and oxygen atoms in total. The average Bonchev–Trinajstić information content (AvgIpc) is 3.09. The summed E-state index contributed by atoms with van der Waals surface area (Å²) >= 11 is 7.08. The first-order valence-corrected chi connectivity index (χ1v) is 8.06. The third-order valence-corrected chi connectivity index (χ3v) is 4.63. The molecule has 3 aromatic heterocycles. The molecule has 0 fully saturated rings. The average molecular weight is 366 g/mol. The Morgan fingerprint density at radius 2 is 2.25 bits per heavy atom. The Balaban J connectivity index is 2.27. The SMILES string of the molecule is COC(=O)C(=O)c1c([O-])[n+]2cccc(C)c2n1Cc1cnc(Cl)s1. The summed E-state index contributed by atoms with van der Waals surface area (Å²) in [6.45, 7) is 2.01. The molecule has 0 aliphatic rings. The molecule has 0 aliphatic heterocycles. The van der Waals surface area contributed by atoms with E-state index in [1.807, 2.05) is 13.0 Å². The van der Waals surface area contributed by atoms with E-state index in [4.69, 9.17) is 11.6 Å². The molecule has 3 rings (SSSR count). The summed E-state index contributed by atoms with van der Waals surface area (Å²) in [7, 11) is 1.10. The Morgan fingerprint density at radius 1 is 1.50 bits per heavy atom. The van der Waals surface area contributed by atoms with Gasteiger partial charge in [0.15, 0.2) is 4.47 Å². The van der Waals surface area contributed by atoms with Crippen LogP contribution in [0.2, 0.25) is 4.47 Å². The van der Waals surface area contributed by atoms with Gasteiger partial charge < -0.3 is 9.84 Å². The van der Waals surface area contributed by atoms with E-state index in [1.165, 1.54) is 20.3 Å². The van der Waals surface area contributed by atoms with Crippen LogP contribution in [0.4, 0.5) is 0 Å². The number of carbonyl (C=O) groups is 2. The molecule has 0 atom stereocenters. The maximum Gasteiger partial charge on any atom is 0.383 e. The Kier molecular flexibility index (Phi) is 4.25. The number of imidazole rings is 1. The van der Waals surface area contributed by atoms with Crippen LogP contribution in [0.1, 0.15) is 20.9 Å². The number of nitrogens with zero attached hydrogens (tertiary/aromatic N) is 3. The lowest BCUT2D eigenvalue weighted by molar-refractivity contribution is -0.583. The van der Waals surface area contributed by atoms with E-state index >= 15 is 0 Å². The molecule has 3 aromatic rings. The first kappa shape index (κ1) is 16.4. The molecule has 3 heterocycles. The number of aromatic nitrogens is 3. The molecule has 24 heavy (non-hydrogen) atoms. The van der Waals surface area contributed by atoms with Crippen molar-refractivity contribution in [1.29, 1.82) is 0 Å². The summed E-state index contributed by atoms with van der Waals surface area (Å²) in [6.07, 6.45) is 3.12. The van der Waals surface area contributed by atoms with Gasteiger partial charge in [0.1, 0.15) is 12.4 Å². The van der Waals surface area contributed by atoms with Gasteiger partial charge in [-0.15, -0.1) is 11.3 Å². The van der Waals surface area contributed by atoms with E-state index in [-0.39, 0.29) is 12.2 Å². The highest BCUT2D eigenvalue weighted by Crippen LogP contribution is 2.24. The summed E-state index contributed by atoms with van der Waals surface area (Å²) in [5, 5.41) is 12.6. The standard InChI is InChI=1S/C15H12ClN3O4S/c1-8-4-3-5-18-12(8)19(7-9-6-17-15(16)24-9)10(13(18)21)11(20)14(22)23-2/h3-6H,7H2,1-2H3. The van der Waals surface area contributed by atoms with Gasteiger partial charge in [0.25, 0.3) is 5.65 Å². The number of thiazole rings is 1. The Bertz CT molecular complexity index is 963. The molecule has 0 bridgehead atoms. The maximum atomic E-state index is 12.6. The van der Waals surface area contributed by atoms with E-state index in [9.17, 15) is 14.7 Å². The van der Waals surface area contributed by atoms with Crippen LogP contribution >= 0.6 is 22.9 Å². The Morgan fingerprint density at radius 3 is 2.88 bits per heavy atom. The van der Waals surface area contributed by atoms with E-state index in [1.54, 1.807) is 18.5 Å². The Hall–Kier alpha value is -2.45. The molecule has 0 unspecified atom stereocenters. The minimum atomic E-state index is -1.09. The molecule has 0 N–H and O–H groups in total. The van der Waals surface area contributed by atoms with Crippen LogP contribution in [-0.4, -0.2) is 28.4 Å². The number of halogens is 1. The van der Waals surface area contributed by atoms with Crippen molar-refractivity contribution in [3.05, 3.63) is 45.1 Å². The van der Waals surface area contributed by atoms with Crippen molar-refractivity contribution in [1.82, 2.24) is 9.55 Å². The zero-order valence-electron chi connectivity index (χ0n) is 12.8. The lowest BCUT2D eigenvalue weighted by Crippen LogP contribution is -2.26. The summed E-state index contributed by atoms with van der Waals surface area (Å²) in [6, 6.07) is 3.52. The van der Waals surface area contributed by atoms with Gasteiger partial charge in [-0.2, -0.15) is 0 Å². The lowest BCUT2D eigenvalue weighted by atomic mass is 10.2. The van der Waals surface area contributed by atoms with Crippen molar-refractivity contribution in [2.24, 2.45) is 0 Å². The highest BCUT2D eigenvalue weighted by Gasteiger charge is 2.32. The van der Waals surface area contributed by atoms with E-state index in [0.717, 1.165) is 17.6 Å². The van der Waals surface area contributed by atoms with Gasteiger partial charge in [0.05, 0.1) is 18.2 Å². The molecule has 0 aliphatic carbocycles. The first-order chi connectivity index (χ1) is 11.4. The summed E-state index contributed by atoms with van der Waals surface area (Å²) in [5.74, 6) is -2.64. The van der Waals surface area contributed by atoms with Crippen molar-refractivity contribution in [3.63, 3.8) is 0 Å². The predicted octanol–water partition coefficient (Wildman–Crippen LogP) is 1.12. The van der Waals surface area contributed by atoms with Crippen molar-refractivity contribution >= 4 is 40.3 Å². The van der Waals surface area contributed by atoms with Crippen LogP contribution < -0.4 is 9.51 Å². The fourth-order valence-corrected chi connectivity index (χ4v) is 3.49. The van der Waals surface area contributed by atoms with Crippen LogP contribution in [0.15, 0.2) is 24.5 Å². The quantitative estimate of drug-likeness (QED) is 0.299. The smallest absolute Gasteiger partial charge is 0.383 e. The normalized spacial score (nSPS) is 11.0. The van der Waals surface area contributed by atoms with Gasteiger partial charge in [-0.1, -0.05) is 11.6 Å². The number of aryl methyl sites for hydroxylation is 1. The summed E-state index contributed by atoms with van der Waals surface area (Å²) in [4.78, 5) is 28.7. The number of methoxy groups -OCH3 is 1. The molecular weight excluding hydrogens is 354 g/mol. The zero-order chi connectivity index (χ0) is 17.4. The predicted molar refractivity (Wildman–Crippen MR) is 84.3 cm³/mol.